The molecule has 0 aliphatic carbocycles. The number of rotatable bonds is 2. The van der Waals surface area contributed by atoms with Gasteiger partial charge < -0.3 is 30.5 Å². The molecular weight excluding hydrogens is 316 g/mol. The molecule has 1 aromatic rings. The van der Waals surface area contributed by atoms with Gasteiger partial charge in [-0.2, -0.15) is 5.10 Å². The fraction of sp³-hybridized carbons (Fsp3) is 0.143. The van der Waals surface area contributed by atoms with Crippen molar-refractivity contribution in [2.75, 3.05) is 0 Å². The van der Waals surface area contributed by atoms with Gasteiger partial charge in [0.05, 0.1) is 5.71 Å². The molecule has 0 saturated heterocycles. The number of nitrogens with zero attached hydrogens (tertiary/aromatic N) is 1. The smallest absolute Gasteiger partial charge is 1.00 e. The van der Waals surface area contributed by atoms with Gasteiger partial charge in [-0.3, -0.25) is 5.43 Å². The molecule has 0 unspecified atom stereocenters. The van der Waals surface area contributed by atoms with Crippen molar-refractivity contribution in [3.05, 3.63) is 22.4 Å². The average Bonchev–Trinajstić information content (AvgIpc) is 2.51. The number of nitrogens with one attached hydrogen (secondary N) is 1. The van der Waals surface area contributed by atoms with E-state index in [2.05, 4.69) is 22.7 Å². The van der Waals surface area contributed by atoms with Gasteiger partial charge in [0.25, 0.3) is 0 Å². The summed E-state index contributed by atoms with van der Waals surface area (Å²) < 4.78 is 0. The van der Waals surface area contributed by atoms with Gasteiger partial charge in [0.1, 0.15) is 0 Å². The fourth-order valence-electron chi connectivity index (χ4n) is 0.678. The van der Waals surface area contributed by atoms with Gasteiger partial charge in [0, 0.05) is 4.88 Å². The first-order valence-corrected chi connectivity index (χ1v) is 4.62. The topological polar surface area (TPSA) is 50.4 Å². The zero-order valence-corrected chi connectivity index (χ0v) is 12.0. The first-order chi connectivity index (χ1) is 5.70. The second-order valence-corrected chi connectivity index (χ2v) is 3.54. The molecule has 3 nitrogen and oxygen atoms in total. The van der Waals surface area contributed by atoms with Gasteiger partial charge in [-0.25, -0.2) is 0 Å². The number of thiophene rings is 1. The van der Waals surface area contributed by atoms with Crippen molar-refractivity contribution >= 4 is 34.4 Å². The van der Waals surface area contributed by atoms with Gasteiger partial charge >= 0.3 is 17.1 Å². The molecule has 0 bridgehead atoms. The molecule has 0 atom stereocenters. The maximum Gasteiger partial charge on any atom is 2.00 e. The third kappa shape index (κ3) is 8.02. The van der Waals surface area contributed by atoms with Gasteiger partial charge in [0.15, 0.2) is 5.11 Å². The molecule has 0 aliphatic heterocycles. The van der Waals surface area contributed by atoms with Crippen molar-refractivity contribution in [2.24, 2.45) is 10.8 Å². The Bertz CT molecular complexity index is 303. The van der Waals surface area contributed by atoms with Crippen LogP contribution in [0.2, 0.25) is 0 Å². The van der Waals surface area contributed by atoms with E-state index in [1.54, 1.807) is 11.3 Å². The molecule has 0 aromatic carbocycles. The third-order valence-corrected chi connectivity index (χ3v) is 2.28. The summed E-state index contributed by atoms with van der Waals surface area (Å²) in [5, 5.41) is 6.16. The molecule has 1 aromatic heterocycles. The van der Waals surface area contributed by atoms with E-state index in [4.69, 9.17) is 5.73 Å². The van der Waals surface area contributed by atoms with Gasteiger partial charge in [-0.15, -0.1) is 11.3 Å². The Morgan fingerprint density at radius 3 is 2.53 bits per heavy atom. The van der Waals surface area contributed by atoms with Gasteiger partial charge in [0.2, 0.25) is 0 Å². The summed E-state index contributed by atoms with van der Waals surface area (Å²) in [5.41, 5.74) is 8.64. The first kappa shape index (κ1) is 20.6. The van der Waals surface area contributed by atoms with E-state index in [1.807, 2.05) is 24.4 Å². The molecule has 0 fully saturated rings. The first-order valence-electron chi connectivity index (χ1n) is 3.34. The number of halogens is 2. The monoisotopic (exact) mass is 324 g/mol. The molecule has 85 valence electrons. The van der Waals surface area contributed by atoms with Crippen molar-refractivity contribution < 1.29 is 41.9 Å². The van der Waals surface area contributed by atoms with Crippen LogP contribution >= 0.6 is 23.6 Å². The predicted molar refractivity (Wildman–Crippen MR) is 56.5 cm³/mol. The number of hydrogen-bond acceptors (Lipinski definition) is 3. The minimum Gasteiger partial charge on any atom is -1.00 e. The number of thiocarbonyl (C=S) groups is 1. The molecule has 1 rings (SSSR count). The van der Waals surface area contributed by atoms with Crippen molar-refractivity contribution in [3.63, 3.8) is 0 Å². The summed E-state index contributed by atoms with van der Waals surface area (Å²) >= 11 is 6.23. The van der Waals surface area contributed by atoms with Crippen LogP contribution in [0.15, 0.2) is 22.6 Å². The Kier molecular flexibility index (Phi) is 14.6. The maximum atomic E-state index is 5.21. The molecule has 15 heavy (non-hydrogen) atoms. The third-order valence-electron chi connectivity index (χ3n) is 1.21. The summed E-state index contributed by atoms with van der Waals surface area (Å²) in [7, 11) is 0. The summed E-state index contributed by atoms with van der Waals surface area (Å²) in [6.07, 6.45) is 0. The van der Waals surface area contributed by atoms with E-state index >= 15 is 0 Å². The summed E-state index contributed by atoms with van der Waals surface area (Å²) in [5.74, 6) is 0. The van der Waals surface area contributed by atoms with Crippen LogP contribution in [-0.4, -0.2) is 10.8 Å². The van der Waals surface area contributed by atoms with Gasteiger partial charge in [-0.1, -0.05) is 6.07 Å². The van der Waals surface area contributed by atoms with Crippen molar-refractivity contribution in [3.8, 4) is 0 Å². The van der Waals surface area contributed by atoms with Crippen LogP contribution in [0, 0.1) is 0 Å². The normalized spacial score (nSPS) is 9.00. The van der Waals surface area contributed by atoms with Crippen molar-refractivity contribution in [1.29, 1.82) is 0 Å². The molecule has 0 aliphatic rings. The molecule has 0 saturated carbocycles. The fourth-order valence-corrected chi connectivity index (χ4v) is 1.40. The summed E-state index contributed by atoms with van der Waals surface area (Å²) in [4.78, 5) is 1.11. The summed E-state index contributed by atoms with van der Waals surface area (Å²) in [6.45, 7) is 1.90. The minimum atomic E-state index is 0. The number of hydrogen-bond donors (Lipinski definition) is 2. The second kappa shape index (κ2) is 10.7. The Hall–Kier alpha value is 0.159. The quantitative estimate of drug-likeness (QED) is 0.249. The minimum absolute atomic E-state index is 0. The number of nitrogens with two attached hydrogens (primary N) is 1. The molecule has 0 spiro atoms. The van der Waals surface area contributed by atoms with Crippen LogP contribution in [0.1, 0.15) is 11.8 Å². The standard InChI is InChI=1S/C7H9N3S2.2ClH.Mn/c1-5(9-10-7(8)11)6-3-2-4-12-6;;;/h2-4H,1H3,(H3,8,10,11);2*1H;/q;;;+2/p-2/b9-5+;;;. The predicted octanol–water partition coefficient (Wildman–Crippen LogP) is -4.69. The zero-order chi connectivity index (χ0) is 8.97. The van der Waals surface area contributed by atoms with Crippen LogP contribution in [-0.2, 0) is 17.1 Å². The molecular formula is C7H9Cl2MnN3S2. The Morgan fingerprint density at radius 2 is 2.13 bits per heavy atom. The molecule has 1 radical (unpaired) electrons. The largest absolute Gasteiger partial charge is 2.00 e. The number of hydrazone groups is 1. The van der Waals surface area contributed by atoms with E-state index in [0.717, 1.165) is 10.6 Å². The Balaban J connectivity index is -0.000000480. The van der Waals surface area contributed by atoms with Crippen molar-refractivity contribution in [1.82, 2.24) is 5.43 Å². The van der Waals surface area contributed by atoms with E-state index in [1.165, 1.54) is 0 Å². The molecule has 0 amide bonds. The summed E-state index contributed by atoms with van der Waals surface area (Å²) in [6, 6.07) is 3.96. The van der Waals surface area contributed by atoms with Gasteiger partial charge in [-0.05, 0) is 30.6 Å². The van der Waals surface area contributed by atoms with Crippen LogP contribution in [0.3, 0.4) is 0 Å². The van der Waals surface area contributed by atoms with Crippen LogP contribution in [0.25, 0.3) is 0 Å². The average molecular weight is 325 g/mol. The van der Waals surface area contributed by atoms with Crippen LogP contribution in [0.4, 0.5) is 0 Å². The van der Waals surface area contributed by atoms with Crippen LogP contribution < -0.4 is 36.0 Å². The second-order valence-electron chi connectivity index (χ2n) is 2.15. The van der Waals surface area contributed by atoms with Crippen LogP contribution in [0.5, 0.6) is 0 Å². The van der Waals surface area contributed by atoms with E-state index in [-0.39, 0.29) is 47.0 Å². The van der Waals surface area contributed by atoms with E-state index < -0.39 is 0 Å². The Morgan fingerprint density at radius 1 is 1.53 bits per heavy atom. The Labute approximate surface area is 121 Å². The maximum absolute atomic E-state index is 5.21. The van der Waals surface area contributed by atoms with E-state index in [9.17, 15) is 0 Å². The SMILES string of the molecule is C/C(=N\NC(N)=S)c1cccs1.[Cl-].[Cl-].[Mn+2]. The molecule has 8 heteroatoms. The zero-order valence-electron chi connectivity index (χ0n) is 7.71. The van der Waals surface area contributed by atoms with E-state index in [0.29, 0.717) is 0 Å². The van der Waals surface area contributed by atoms with Crippen molar-refractivity contribution in [2.45, 2.75) is 6.92 Å². The molecule has 3 N–H and O–H groups in total. The molecule has 1 heterocycles.